The number of halogens is 1. The molecule has 0 atom stereocenters. The van der Waals surface area contributed by atoms with Crippen LogP contribution in [-0.2, 0) is 17.9 Å². The summed E-state index contributed by atoms with van der Waals surface area (Å²) in [6.45, 7) is 8.56. The van der Waals surface area contributed by atoms with Gasteiger partial charge in [0.05, 0.1) is 22.1 Å². The third-order valence-corrected chi connectivity index (χ3v) is 5.86. The Morgan fingerprint density at radius 3 is 2.48 bits per heavy atom. The van der Waals surface area contributed by atoms with Crippen LogP contribution in [0.25, 0.3) is 5.69 Å². The van der Waals surface area contributed by atoms with E-state index in [1.807, 2.05) is 34.0 Å². The van der Waals surface area contributed by atoms with Gasteiger partial charge in [0.2, 0.25) is 5.91 Å². The number of rotatable bonds is 5. The Labute approximate surface area is 179 Å². The Morgan fingerprint density at radius 2 is 1.83 bits per heavy atom. The van der Waals surface area contributed by atoms with E-state index in [0.717, 1.165) is 48.6 Å². The minimum atomic E-state index is 0.115. The maximum atomic E-state index is 12.5. The fraction of sp³-hybridized carbons (Fsp3) is 0.381. The minimum absolute atomic E-state index is 0.115. The molecule has 2 aromatic heterocycles. The van der Waals surface area contributed by atoms with Gasteiger partial charge < -0.3 is 4.90 Å². The van der Waals surface area contributed by atoms with Crippen LogP contribution in [-0.4, -0.2) is 61.4 Å². The van der Waals surface area contributed by atoms with Crippen molar-refractivity contribution in [2.45, 2.75) is 26.9 Å². The van der Waals surface area contributed by atoms with E-state index < -0.39 is 0 Å². The Hall–Kier alpha value is -2.45. The normalized spacial score (nSPS) is 15.1. The van der Waals surface area contributed by atoms with Crippen LogP contribution in [0.4, 0.5) is 0 Å². The van der Waals surface area contributed by atoms with E-state index in [9.17, 15) is 4.79 Å². The highest BCUT2D eigenvalue weighted by Crippen LogP contribution is 2.20. The number of para-hydroxylation sites is 1. The van der Waals surface area contributed by atoms with Gasteiger partial charge in [-0.25, -0.2) is 4.68 Å². The molecule has 3 aromatic rings. The lowest BCUT2D eigenvalue weighted by Crippen LogP contribution is -2.49. The quantitative estimate of drug-likeness (QED) is 0.592. The third kappa shape index (κ3) is 4.43. The number of carbonyl (C=O) groups is 1. The second-order valence-corrected chi connectivity index (χ2v) is 8.33. The van der Waals surface area contributed by atoms with Crippen molar-refractivity contribution in [3.8, 4) is 5.69 Å². The van der Waals surface area contributed by atoms with Gasteiger partial charge in [0.15, 0.2) is 0 Å². The molecule has 0 N–H and O–H groups in total. The monoisotopic (exact) mass is 456 g/mol. The first-order chi connectivity index (χ1) is 14.0. The van der Waals surface area contributed by atoms with Crippen LogP contribution in [0.3, 0.4) is 0 Å². The number of benzene rings is 1. The largest absolute Gasteiger partial charge is 0.339 e. The number of nitrogens with zero attached hydrogens (tertiary/aromatic N) is 6. The molecule has 1 aliphatic rings. The van der Waals surface area contributed by atoms with Crippen molar-refractivity contribution in [2.24, 2.45) is 0 Å². The molecule has 1 fully saturated rings. The number of carbonyl (C=O) groups excluding carboxylic acids is 1. The second kappa shape index (κ2) is 8.51. The van der Waals surface area contributed by atoms with Crippen LogP contribution < -0.4 is 0 Å². The maximum absolute atomic E-state index is 12.5. The second-order valence-electron chi connectivity index (χ2n) is 7.41. The van der Waals surface area contributed by atoms with Crippen LogP contribution in [0, 0.1) is 13.8 Å². The zero-order chi connectivity index (χ0) is 20.4. The molecule has 0 bridgehead atoms. The highest BCUT2D eigenvalue weighted by atomic mass is 79.9. The van der Waals surface area contributed by atoms with Gasteiger partial charge in [0, 0.05) is 50.2 Å². The van der Waals surface area contributed by atoms with Gasteiger partial charge >= 0.3 is 0 Å². The van der Waals surface area contributed by atoms with E-state index >= 15 is 0 Å². The molecule has 4 rings (SSSR count). The minimum Gasteiger partial charge on any atom is -0.339 e. The highest BCUT2D eigenvalue weighted by molar-refractivity contribution is 9.10. The lowest BCUT2D eigenvalue weighted by atomic mass is 10.1. The van der Waals surface area contributed by atoms with Crippen molar-refractivity contribution >= 4 is 21.8 Å². The molecule has 0 aliphatic carbocycles. The summed E-state index contributed by atoms with van der Waals surface area (Å²) in [6.07, 6.45) is 3.52. The van der Waals surface area contributed by atoms with Gasteiger partial charge in [-0.15, -0.1) is 0 Å². The van der Waals surface area contributed by atoms with Crippen molar-refractivity contribution in [3.63, 3.8) is 0 Å². The van der Waals surface area contributed by atoms with Gasteiger partial charge in [0.25, 0.3) is 0 Å². The van der Waals surface area contributed by atoms with E-state index in [1.54, 1.807) is 10.9 Å². The van der Waals surface area contributed by atoms with E-state index in [1.165, 1.54) is 11.3 Å². The summed E-state index contributed by atoms with van der Waals surface area (Å²) in [5.41, 5.74) is 4.60. The Bertz CT molecular complexity index is 988. The van der Waals surface area contributed by atoms with E-state index in [0.29, 0.717) is 0 Å². The molecule has 152 valence electrons. The molecule has 29 heavy (non-hydrogen) atoms. The zero-order valence-corrected chi connectivity index (χ0v) is 18.3. The summed E-state index contributed by atoms with van der Waals surface area (Å²) in [5.74, 6) is 0.115. The summed E-state index contributed by atoms with van der Waals surface area (Å²) < 4.78 is 4.58. The maximum Gasteiger partial charge on any atom is 0.244 e. The molecule has 0 spiro atoms. The predicted octanol–water partition coefficient (Wildman–Crippen LogP) is 2.79. The zero-order valence-electron chi connectivity index (χ0n) is 16.8. The first-order valence-electron chi connectivity index (χ1n) is 9.80. The van der Waals surface area contributed by atoms with Crippen molar-refractivity contribution in [1.82, 2.24) is 29.4 Å². The highest BCUT2D eigenvalue weighted by Gasteiger charge is 2.23. The van der Waals surface area contributed by atoms with Crippen molar-refractivity contribution in [1.29, 1.82) is 0 Å². The number of amides is 1. The smallest absolute Gasteiger partial charge is 0.244 e. The van der Waals surface area contributed by atoms with Crippen LogP contribution in [0.15, 0.2) is 47.2 Å². The van der Waals surface area contributed by atoms with Gasteiger partial charge in [0.1, 0.15) is 6.54 Å². The molecule has 0 unspecified atom stereocenters. The molecular formula is C21H25BrN6O. The molecule has 0 saturated carbocycles. The van der Waals surface area contributed by atoms with E-state index in [2.05, 4.69) is 51.9 Å². The molecule has 1 aromatic carbocycles. The van der Waals surface area contributed by atoms with Crippen LogP contribution >= 0.6 is 15.9 Å². The van der Waals surface area contributed by atoms with Crippen molar-refractivity contribution in [3.05, 3.63) is 64.1 Å². The average molecular weight is 457 g/mol. The first-order valence-corrected chi connectivity index (χ1v) is 10.6. The van der Waals surface area contributed by atoms with Crippen molar-refractivity contribution < 1.29 is 4.79 Å². The van der Waals surface area contributed by atoms with E-state index in [4.69, 9.17) is 5.10 Å². The topological polar surface area (TPSA) is 59.2 Å². The SMILES string of the molecule is Cc1nn(-c2ccccc2)c(C)c1CN1CCN(C(=O)Cn2cc(Br)cn2)CC1. The van der Waals surface area contributed by atoms with Crippen LogP contribution in [0.1, 0.15) is 17.0 Å². The molecule has 8 heteroatoms. The van der Waals surface area contributed by atoms with Crippen LogP contribution in [0.5, 0.6) is 0 Å². The van der Waals surface area contributed by atoms with Crippen molar-refractivity contribution in [2.75, 3.05) is 26.2 Å². The standard InChI is InChI=1S/C21H25BrN6O/c1-16-20(17(2)28(24-16)19-6-4-3-5-7-19)14-25-8-10-26(11-9-25)21(29)15-27-13-18(22)12-23-27/h3-7,12-13H,8-11,14-15H2,1-2H3. The average Bonchev–Trinajstić information content (AvgIpc) is 3.26. The predicted molar refractivity (Wildman–Crippen MR) is 115 cm³/mol. The lowest BCUT2D eigenvalue weighted by molar-refractivity contribution is -0.133. The van der Waals surface area contributed by atoms with Crippen LogP contribution in [0.2, 0.25) is 0 Å². The first kappa shape index (κ1) is 19.8. The molecule has 1 aliphatic heterocycles. The third-order valence-electron chi connectivity index (χ3n) is 5.45. The molecule has 3 heterocycles. The Balaban J connectivity index is 1.36. The fourth-order valence-corrected chi connectivity index (χ4v) is 4.09. The molecule has 0 radical (unpaired) electrons. The molecule has 7 nitrogen and oxygen atoms in total. The summed E-state index contributed by atoms with van der Waals surface area (Å²) in [4.78, 5) is 16.9. The Morgan fingerprint density at radius 1 is 1.10 bits per heavy atom. The van der Waals surface area contributed by atoms with E-state index in [-0.39, 0.29) is 12.5 Å². The fourth-order valence-electron chi connectivity index (χ4n) is 3.77. The van der Waals surface area contributed by atoms with Gasteiger partial charge in [-0.05, 0) is 41.9 Å². The summed E-state index contributed by atoms with van der Waals surface area (Å²) in [6, 6.07) is 10.2. The molecule has 1 saturated heterocycles. The molecular weight excluding hydrogens is 432 g/mol. The number of hydrogen-bond acceptors (Lipinski definition) is 4. The number of hydrogen-bond donors (Lipinski definition) is 0. The number of aromatic nitrogens is 4. The van der Waals surface area contributed by atoms with Gasteiger partial charge in [-0.3, -0.25) is 14.4 Å². The van der Waals surface area contributed by atoms with Gasteiger partial charge in [-0.2, -0.15) is 10.2 Å². The lowest BCUT2D eigenvalue weighted by Gasteiger charge is -2.34. The summed E-state index contributed by atoms with van der Waals surface area (Å²) >= 11 is 3.36. The summed E-state index contributed by atoms with van der Waals surface area (Å²) in [5, 5.41) is 8.92. The van der Waals surface area contributed by atoms with Gasteiger partial charge in [-0.1, -0.05) is 18.2 Å². The Kier molecular flexibility index (Phi) is 5.82. The molecule has 1 amide bonds. The summed E-state index contributed by atoms with van der Waals surface area (Å²) in [7, 11) is 0. The number of piperazine rings is 1. The number of aryl methyl sites for hydroxylation is 1.